The average molecular weight is 163 g/mol. The molecule has 0 bridgehead atoms. The third-order valence-electron chi connectivity index (χ3n) is 0. The van der Waals surface area contributed by atoms with Crippen molar-refractivity contribution in [3.63, 3.8) is 0 Å². The maximum absolute atomic E-state index is 6.50. The van der Waals surface area contributed by atoms with Gasteiger partial charge < -0.3 is 0 Å². The summed E-state index contributed by atoms with van der Waals surface area (Å²) >= 11 is 0. The predicted octanol–water partition coefficient (Wildman–Crippen LogP) is -1.81. The third kappa shape index (κ3) is 27.9. The monoisotopic (exact) mass is 162 g/mol. The Morgan fingerprint density at radius 1 is 0.833 bits per heavy atom. The molecule has 0 spiro atoms. The molecule has 5 heteroatoms. The van der Waals surface area contributed by atoms with Crippen molar-refractivity contribution in [3.05, 3.63) is 0 Å². The van der Waals surface area contributed by atoms with E-state index in [1.807, 2.05) is 0 Å². The summed E-state index contributed by atoms with van der Waals surface area (Å²) < 4.78 is 0. The summed E-state index contributed by atoms with van der Waals surface area (Å²) in [5, 5.41) is 6.50. The molecule has 0 amide bonds. The third-order valence-corrected chi connectivity index (χ3v) is 0. The molecule has 1 radical (unpaired) electrons. The van der Waals surface area contributed by atoms with Crippen LogP contribution in [0.1, 0.15) is 0 Å². The Kier molecular flexibility index (Phi) is 260. The molecule has 0 saturated carbocycles. The van der Waals surface area contributed by atoms with E-state index < -0.39 is 0 Å². The number of hydrogen-bond acceptors (Lipinski definition) is 1. The molecule has 0 N–H and O–H groups in total. The van der Waals surface area contributed by atoms with Crippen LogP contribution in [0.5, 0.6) is 0 Å². The van der Waals surface area contributed by atoms with Gasteiger partial charge in [0.25, 0.3) is 0 Å². The van der Waals surface area contributed by atoms with Crippen molar-refractivity contribution in [2.75, 3.05) is 0 Å². The van der Waals surface area contributed by atoms with E-state index in [0.717, 1.165) is 0 Å². The first kappa shape index (κ1) is 36.0. The van der Waals surface area contributed by atoms with Crippen molar-refractivity contribution in [3.8, 4) is 6.57 Å². The molecule has 0 aliphatic heterocycles. The van der Waals surface area contributed by atoms with E-state index in [9.17, 15) is 0 Å². The zero-order valence-corrected chi connectivity index (χ0v) is 2.27. The summed E-state index contributed by atoms with van der Waals surface area (Å²) in [4.78, 5) is 0. The first-order valence-electron chi connectivity index (χ1n) is 0.258. The number of nitriles is 1. The summed E-state index contributed by atoms with van der Waals surface area (Å²) in [6.07, 6.45) is 0. The van der Waals surface area contributed by atoms with Crippen LogP contribution in [0.15, 0.2) is 0 Å². The maximum atomic E-state index is 6.50. The fourth-order valence-corrected chi connectivity index (χ4v) is 0. The van der Waals surface area contributed by atoms with Crippen molar-refractivity contribution in [1.82, 2.24) is 0 Å². The SMILES string of the molecule is C#N.[Cu].[NaH].[NaH].[NaH]. The molecular formula is CH4CuNNa3. The Balaban J connectivity index is -0.000000000833. The minimum atomic E-state index is 0. The van der Waals surface area contributed by atoms with Crippen LogP contribution in [-0.2, 0) is 17.1 Å². The van der Waals surface area contributed by atoms with Crippen molar-refractivity contribution in [1.29, 1.82) is 5.26 Å². The Labute approximate surface area is 115 Å². The van der Waals surface area contributed by atoms with E-state index in [-0.39, 0.29) is 106 Å². The fourth-order valence-electron chi connectivity index (χ4n) is 0. The Hall–Kier alpha value is 3.01. The normalized spacial score (nSPS) is 0.333. The first-order chi connectivity index (χ1) is 1.00. The van der Waals surface area contributed by atoms with Crippen LogP contribution in [-0.4, -0.2) is 88.7 Å². The van der Waals surface area contributed by atoms with Gasteiger partial charge in [-0.15, -0.1) is 0 Å². The summed E-state index contributed by atoms with van der Waals surface area (Å²) in [5.74, 6) is 0. The van der Waals surface area contributed by atoms with Crippen LogP contribution in [0, 0.1) is 11.8 Å². The van der Waals surface area contributed by atoms with E-state index in [0.29, 0.717) is 0 Å². The molecule has 0 fully saturated rings. The molecule has 0 heterocycles. The Morgan fingerprint density at radius 2 is 0.833 bits per heavy atom. The standard InChI is InChI=1S/CHN.Cu.3Na.3H/c1-2;;;;;;;/h1H;;;;;;;. The van der Waals surface area contributed by atoms with Crippen LogP contribution < -0.4 is 0 Å². The molecule has 0 saturated heterocycles. The van der Waals surface area contributed by atoms with Crippen molar-refractivity contribution in [2.24, 2.45) is 0 Å². The number of rotatable bonds is 0. The van der Waals surface area contributed by atoms with Gasteiger partial charge in [0.1, 0.15) is 0 Å². The van der Waals surface area contributed by atoms with Crippen LogP contribution in [0.3, 0.4) is 0 Å². The topological polar surface area (TPSA) is 23.8 Å². The quantitative estimate of drug-likeness (QED) is 0.386. The number of hydrogen-bond donors (Lipinski definition) is 0. The molecule has 0 aromatic carbocycles. The molecule has 0 aromatic heterocycles. The molecule has 27 valence electrons. The minimum absolute atomic E-state index is 0. The molecule has 0 aliphatic rings. The van der Waals surface area contributed by atoms with E-state index in [2.05, 4.69) is 6.57 Å². The average Bonchev–Trinajstić information content (AvgIpc) is 1.00. The van der Waals surface area contributed by atoms with Crippen molar-refractivity contribution < 1.29 is 17.1 Å². The fraction of sp³-hybridized carbons (Fsp3) is 0. The van der Waals surface area contributed by atoms with E-state index in [1.54, 1.807) is 0 Å². The Bertz CT molecular complexity index is 15.5. The van der Waals surface area contributed by atoms with Crippen molar-refractivity contribution in [2.45, 2.75) is 0 Å². The van der Waals surface area contributed by atoms with Gasteiger partial charge >= 0.3 is 88.7 Å². The van der Waals surface area contributed by atoms with E-state index >= 15 is 0 Å². The summed E-state index contributed by atoms with van der Waals surface area (Å²) in [6, 6.07) is 0. The van der Waals surface area contributed by atoms with Gasteiger partial charge in [-0.3, -0.25) is 0 Å². The molecular weight excluding hydrogens is 159 g/mol. The zero-order chi connectivity index (χ0) is 2.00. The van der Waals surface area contributed by atoms with Gasteiger partial charge in [-0.1, -0.05) is 0 Å². The molecule has 0 atom stereocenters. The van der Waals surface area contributed by atoms with Gasteiger partial charge in [-0.2, -0.15) is 0 Å². The van der Waals surface area contributed by atoms with E-state index in [1.165, 1.54) is 0 Å². The molecule has 0 aromatic rings. The van der Waals surface area contributed by atoms with Gasteiger partial charge in [0.05, 0.1) is 0 Å². The second-order valence-corrected chi connectivity index (χ2v) is 0. The van der Waals surface area contributed by atoms with Crippen LogP contribution in [0.25, 0.3) is 0 Å². The van der Waals surface area contributed by atoms with Crippen LogP contribution >= 0.6 is 0 Å². The van der Waals surface area contributed by atoms with Crippen LogP contribution in [0.2, 0.25) is 0 Å². The molecule has 0 unspecified atom stereocenters. The van der Waals surface area contributed by atoms with Gasteiger partial charge in [0, 0.05) is 23.6 Å². The summed E-state index contributed by atoms with van der Waals surface area (Å²) in [5.41, 5.74) is 0. The summed E-state index contributed by atoms with van der Waals surface area (Å²) in [6.45, 7) is 3.50. The Morgan fingerprint density at radius 3 is 0.833 bits per heavy atom. The predicted molar refractivity (Wildman–Crippen MR) is 28.1 cm³/mol. The van der Waals surface area contributed by atoms with Gasteiger partial charge in [0.2, 0.25) is 0 Å². The summed E-state index contributed by atoms with van der Waals surface area (Å²) in [7, 11) is 0. The van der Waals surface area contributed by atoms with Gasteiger partial charge in [-0.05, 0) is 0 Å². The van der Waals surface area contributed by atoms with Crippen LogP contribution in [0.4, 0.5) is 0 Å². The molecule has 0 rings (SSSR count). The molecule has 0 aliphatic carbocycles. The molecule has 6 heavy (non-hydrogen) atoms. The number of nitrogens with zero attached hydrogens (tertiary/aromatic N) is 1. The first-order valence-corrected chi connectivity index (χ1v) is 0.258. The second-order valence-electron chi connectivity index (χ2n) is 0. The molecule has 1 nitrogen and oxygen atoms in total. The zero-order valence-electron chi connectivity index (χ0n) is 1.33. The van der Waals surface area contributed by atoms with Gasteiger partial charge in [0.15, 0.2) is 0 Å². The second kappa shape index (κ2) is 43.5. The van der Waals surface area contributed by atoms with E-state index in [4.69, 9.17) is 5.26 Å². The van der Waals surface area contributed by atoms with Crippen molar-refractivity contribution >= 4 is 88.7 Å². The van der Waals surface area contributed by atoms with Gasteiger partial charge in [-0.25, -0.2) is 5.26 Å².